The van der Waals surface area contributed by atoms with Crippen molar-refractivity contribution in [2.24, 2.45) is 5.73 Å². The third kappa shape index (κ3) is 4.92. The molecule has 0 spiro atoms. The van der Waals surface area contributed by atoms with Gasteiger partial charge in [-0.2, -0.15) is 0 Å². The van der Waals surface area contributed by atoms with Crippen LogP contribution in [0.25, 0.3) is 0 Å². The van der Waals surface area contributed by atoms with Crippen LogP contribution in [-0.4, -0.2) is 28.9 Å². The maximum Gasteiger partial charge on any atom is 0.326 e. The molecule has 1 rings (SSSR count). The summed E-state index contributed by atoms with van der Waals surface area (Å²) >= 11 is 7.74. The summed E-state index contributed by atoms with van der Waals surface area (Å²) in [6.07, 6.45) is -0.148. The largest absolute Gasteiger partial charge is 0.480 e. The normalized spacial score (nSPS) is 11.9. The van der Waals surface area contributed by atoms with E-state index < -0.39 is 23.8 Å². The van der Waals surface area contributed by atoms with Crippen LogP contribution in [-0.2, 0) is 9.59 Å². The maximum atomic E-state index is 11.9. The Labute approximate surface area is 129 Å². The topological polar surface area (TPSA) is 109 Å². The van der Waals surface area contributed by atoms with Crippen molar-refractivity contribution in [3.05, 3.63) is 19.2 Å². The van der Waals surface area contributed by atoms with Gasteiger partial charge in [0.15, 0.2) is 0 Å². The van der Waals surface area contributed by atoms with E-state index in [0.717, 1.165) is 3.79 Å². The number of aliphatic carboxylic acids is 1. The van der Waals surface area contributed by atoms with Gasteiger partial charge in [0.1, 0.15) is 6.04 Å². The highest BCUT2D eigenvalue weighted by Crippen LogP contribution is 2.31. The molecule has 0 fully saturated rings. The van der Waals surface area contributed by atoms with Gasteiger partial charge in [0.25, 0.3) is 5.91 Å². The molecule has 0 aliphatic heterocycles. The molecule has 104 valence electrons. The van der Waals surface area contributed by atoms with Crippen molar-refractivity contribution in [1.82, 2.24) is 5.32 Å². The fraction of sp³-hybridized carbons (Fsp3) is 0.300. The summed E-state index contributed by atoms with van der Waals surface area (Å²) in [6.45, 7) is 0. The van der Waals surface area contributed by atoms with E-state index in [-0.39, 0.29) is 12.8 Å². The van der Waals surface area contributed by atoms with Gasteiger partial charge in [-0.15, -0.1) is 11.3 Å². The van der Waals surface area contributed by atoms with Crippen molar-refractivity contribution >= 4 is 61.0 Å². The van der Waals surface area contributed by atoms with Crippen LogP contribution >= 0.6 is 43.2 Å². The average molecular weight is 414 g/mol. The van der Waals surface area contributed by atoms with Crippen molar-refractivity contribution < 1.29 is 19.5 Å². The smallest absolute Gasteiger partial charge is 0.326 e. The molecule has 0 aliphatic carbocycles. The van der Waals surface area contributed by atoms with E-state index in [2.05, 4.69) is 37.2 Å². The van der Waals surface area contributed by atoms with Crippen LogP contribution in [0.3, 0.4) is 0 Å². The summed E-state index contributed by atoms with van der Waals surface area (Å²) in [5, 5.41) is 11.3. The molecule has 19 heavy (non-hydrogen) atoms. The van der Waals surface area contributed by atoms with Gasteiger partial charge in [-0.25, -0.2) is 4.79 Å². The Hall–Kier alpha value is -0.930. The SMILES string of the molecule is NC(=O)CCC(NC(=O)c1cc(Br)sc1Br)C(=O)O. The third-order valence-electron chi connectivity index (χ3n) is 2.18. The predicted molar refractivity (Wildman–Crippen MR) is 77.0 cm³/mol. The summed E-state index contributed by atoms with van der Waals surface area (Å²) in [5.41, 5.74) is 5.29. The van der Waals surface area contributed by atoms with Gasteiger partial charge in [-0.05, 0) is 44.3 Å². The van der Waals surface area contributed by atoms with Crippen LogP contribution < -0.4 is 11.1 Å². The van der Waals surface area contributed by atoms with Gasteiger partial charge in [0.05, 0.1) is 13.1 Å². The second-order valence-electron chi connectivity index (χ2n) is 3.61. The second kappa shape index (κ2) is 7.01. The second-order valence-corrected chi connectivity index (χ2v) is 7.36. The van der Waals surface area contributed by atoms with Crippen LogP contribution in [0.2, 0.25) is 0 Å². The van der Waals surface area contributed by atoms with E-state index in [1.54, 1.807) is 6.07 Å². The van der Waals surface area contributed by atoms with E-state index in [0.29, 0.717) is 9.35 Å². The fourth-order valence-corrected chi connectivity index (χ4v) is 4.07. The van der Waals surface area contributed by atoms with Crippen LogP contribution in [0.15, 0.2) is 13.6 Å². The molecule has 4 N–H and O–H groups in total. The number of thiophene rings is 1. The van der Waals surface area contributed by atoms with E-state index in [9.17, 15) is 14.4 Å². The minimum absolute atomic E-state index is 0.0423. The van der Waals surface area contributed by atoms with Crippen LogP contribution in [0.1, 0.15) is 23.2 Å². The molecular formula is C10H10Br2N2O4S. The molecular weight excluding hydrogens is 404 g/mol. The Balaban J connectivity index is 2.74. The van der Waals surface area contributed by atoms with Gasteiger partial charge in [-0.1, -0.05) is 0 Å². The molecule has 1 unspecified atom stereocenters. The molecule has 0 aliphatic rings. The van der Waals surface area contributed by atoms with Crippen molar-refractivity contribution in [2.75, 3.05) is 0 Å². The van der Waals surface area contributed by atoms with E-state index in [1.165, 1.54) is 11.3 Å². The van der Waals surface area contributed by atoms with E-state index in [1.807, 2.05) is 0 Å². The number of carboxylic acids is 1. The van der Waals surface area contributed by atoms with Gasteiger partial charge >= 0.3 is 5.97 Å². The molecule has 0 saturated heterocycles. The minimum atomic E-state index is -1.21. The van der Waals surface area contributed by atoms with Crippen LogP contribution in [0.5, 0.6) is 0 Å². The lowest BCUT2D eigenvalue weighted by molar-refractivity contribution is -0.139. The molecule has 0 saturated carbocycles. The molecule has 9 heteroatoms. The van der Waals surface area contributed by atoms with Crippen LogP contribution in [0, 0.1) is 0 Å². The minimum Gasteiger partial charge on any atom is -0.480 e. The molecule has 0 radical (unpaired) electrons. The monoisotopic (exact) mass is 412 g/mol. The van der Waals surface area contributed by atoms with Gasteiger partial charge in [0.2, 0.25) is 5.91 Å². The summed E-state index contributed by atoms with van der Waals surface area (Å²) < 4.78 is 1.34. The number of carbonyl (C=O) groups is 3. The number of halogens is 2. The van der Waals surface area contributed by atoms with Crippen molar-refractivity contribution in [1.29, 1.82) is 0 Å². The first-order valence-corrected chi connectivity index (χ1v) is 7.48. The standard InChI is InChI=1S/C10H10Br2N2O4S/c11-6-3-4(8(12)19-6)9(16)14-5(10(17)18)1-2-7(13)15/h3,5H,1-2H2,(H2,13,15)(H,14,16)(H,17,18). The van der Waals surface area contributed by atoms with Crippen molar-refractivity contribution in [2.45, 2.75) is 18.9 Å². The zero-order valence-corrected chi connectivity index (χ0v) is 13.5. The molecule has 0 aromatic carbocycles. The number of nitrogens with two attached hydrogens (primary N) is 1. The summed E-state index contributed by atoms with van der Waals surface area (Å²) in [7, 11) is 0. The third-order valence-corrected chi connectivity index (χ3v) is 4.52. The number of amides is 2. The highest BCUT2D eigenvalue weighted by atomic mass is 79.9. The lowest BCUT2D eigenvalue weighted by Gasteiger charge is -2.13. The van der Waals surface area contributed by atoms with Crippen LogP contribution in [0.4, 0.5) is 0 Å². The highest BCUT2D eigenvalue weighted by Gasteiger charge is 2.23. The fourth-order valence-electron chi connectivity index (χ4n) is 1.28. The predicted octanol–water partition coefficient (Wildman–Crippen LogP) is 1.72. The number of rotatable bonds is 6. The Morgan fingerprint density at radius 3 is 2.47 bits per heavy atom. The number of primary amides is 1. The molecule has 1 heterocycles. The van der Waals surface area contributed by atoms with Gasteiger partial charge in [0, 0.05) is 6.42 Å². The molecule has 1 aromatic heterocycles. The first-order valence-electron chi connectivity index (χ1n) is 5.08. The molecule has 6 nitrogen and oxygen atoms in total. The first kappa shape index (κ1) is 16.1. The molecule has 0 bridgehead atoms. The van der Waals surface area contributed by atoms with E-state index in [4.69, 9.17) is 10.8 Å². The molecule has 1 atom stereocenters. The Morgan fingerprint density at radius 1 is 1.42 bits per heavy atom. The molecule has 2 amide bonds. The number of hydrogen-bond donors (Lipinski definition) is 3. The quantitative estimate of drug-likeness (QED) is 0.659. The Kier molecular flexibility index (Phi) is 5.95. The maximum absolute atomic E-state index is 11.9. The summed E-state index contributed by atoms with van der Waals surface area (Å²) in [5.74, 6) is -2.34. The lowest BCUT2D eigenvalue weighted by Crippen LogP contribution is -2.41. The van der Waals surface area contributed by atoms with E-state index >= 15 is 0 Å². The number of hydrogen-bond acceptors (Lipinski definition) is 4. The van der Waals surface area contributed by atoms with Crippen molar-refractivity contribution in [3.8, 4) is 0 Å². The average Bonchev–Trinajstić information content (AvgIpc) is 2.62. The Bertz CT molecular complexity index is 518. The lowest BCUT2D eigenvalue weighted by atomic mass is 10.1. The number of nitrogens with one attached hydrogen (secondary N) is 1. The summed E-state index contributed by atoms with van der Waals surface area (Å²) in [6, 6.07) is 0.433. The highest BCUT2D eigenvalue weighted by molar-refractivity contribution is 9.12. The van der Waals surface area contributed by atoms with Crippen molar-refractivity contribution in [3.63, 3.8) is 0 Å². The molecule has 1 aromatic rings. The number of carbonyl (C=O) groups excluding carboxylic acids is 2. The van der Waals surface area contributed by atoms with Gasteiger partial charge in [-0.3, -0.25) is 9.59 Å². The zero-order chi connectivity index (χ0) is 14.6. The number of carboxylic acid groups (broad SMARTS) is 1. The first-order chi connectivity index (χ1) is 8.81. The Morgan fingerprint density at radius 2 is 2.05 bits per heavy atom. The van der Waals surface area contributed by atoms with Gasteiger partial charge < -0.3 is 16.2 Å². The zero-order valence-electron chi connectivity index (χ0n) is 9.48. The summed E-state index contributed by atoms with van der Waals surface area (Å²) in [4.78, 5) is 33.5.